The molecule has 10 aromatic carbocycles. The minimum absolute atomic E-state index is 0.354. The number of hydrogen-bond acceptors (Lipinski definition) is 2. The van der Waals surface area contributed by atoms with Crippen LogP contribution in [0.15, 0.2) is 218 Å². The van der Waals surface area contributed by atoms with E-state index in [9.17, 15) is 0 Å². The minimum atomic E-state index is -0.354. The van der Waals surface area contributed by atoms with E-state index in [2.05, 4.69) is 206 Å². The van der Waals surface area contributed by atoms with Gasteiger partial charge in [-0.3, -0.25) is 0 Å². The number of fused-ring (bicyclic) bond motifs is 16. The van der Waals surface area contributed by atoms with Gasteiger partial charge in [0.15, 0.2) is 5.82 Å². The molecule has 2 aliphatic rings. The Labute approximate surface area is 354 Å². The summed E-state index contributed by atoms with van der Waals surface area (Å²) in [7, 11) is 0. The molecule has 0 bridgehead atoms. The highest BCUT2D eigenvalue weighted by Gasteiger charge is 2.51. The lowest BCUT2D eigenvalue weighted by Gasteiger charge is -2.30. The van der Waals surface area contributed by atoms with Crippen LogP contribution in [-0.4, -0.2) is 9.97 Å². The van der Waals surface area contributed by atoms with Crippen LogP contribution in [0.2, 0.25) is 0 Å². The molecule has 0 saturated carbocycles. The highest BCUT2D eigenvalue weighted by Crippen LogP contribution is 2.63. The monoisotopic (exact) mass is 772 g/mol. The second-order valence-corrected chi connectivity index (χ2v) is 16.4. The van der Waals surface area contributed by atoms with Crippen molar-refractivity contribution < 1.29 is 0 Å². The summed E-state index contributed by atoms with van der Waals surface area (Å²) < 4.78 is 0. The Balaban J connectivity index is 1.03. The number of nitrogens with zero attached hydrogens (tertiary/aromatic N) is 2. The van der Waals surface area contributed by atoms with Crippen LogP contribution in [0.3, 0.4) is 0 Å². The Hall–Kier alpha value is -7.94. The number of rotatable bonds is 4. The van der Waals surface area contributed by atoms with E-state index < -0.39 is 0 Å². The van der Waals surface area contributed by atoms with Crippen LogP contribution in [0.25, 0.3) is 99.6 Å². The van der Waals surface area contributed by atoms with Crippen LogP contribution in [0.1, 0.15) is 22.3 Å². The topological polar surface area (TPSA) is 25.8 Å². The molecule has 2 heteroatoms. The molecule has 1 aromatic heterocycles. The van der Waals surface area contributed by atoms with Gasteiger partial charge in [0.2, 0.25) is 0 Å². The van der Waals surface area contributed by atoms with Gasteiger partial charge in [0.05, 0.1) is 16.8 Å². The van der Waals surface area contributed by atoms with Gasteiger partial charge >= 0.3 is 0 Å². The normalized spacial score (nSPS) is 13.0. The molecule has 13 rings (SSSR count). The molecule has 0 aliphatic heterocycles. The molecule has 0 radical (unpaired) electrons. The molecule has 282 valence electrons. The summed E-state index contributed by atoms with van der Waals surface area (Å²) in [4.78, 5) is 10.6. The van der Waals surface area contributed by atoms with Crippen molar-refractivity contribution in [3.63, 3.8) is 0 Å². The van der Waals surface area contributed by atoms with E-state index in [1.54, 1.807) is 0 Å². The molecular formula is C59H36N2. The summed E-state index contributed by atoms with van der Waals surface area (Å²) in [5.74, 6) is 0.716. The number of benzene rings is 10. The number of hydrogen-bond donors (Lipinski definition) is 0. The summed E-state index contributed by atoms with van der Waals surface area (Å²) in [6, 6.07) is 79.7. The maximum absolute atomic E-state index is 5.30. The summed E-state index contributed by atoms with van der Waals surface area (Å²) >= 11 is 0. The van der Waals surface area contributed by atoms with E-state index in [0.29, 0.717) is 5.82 Å². The molecule has 2 nitrogen and oxygen atoms in total. The molecule has 0 atom stereocenters. The molecule has 61 heavy (non-hydrogen) atoms. The molecule has 0 N–H and O–H groups in total. The van der Waals surface area contributed by atoms with Crippen molar-refractivity contribution in [3.8, 4) is 67.3 Å². The van der Waals surface area contributed by atoms with Crippen molar-refractivity contribution in [3.05, 3.63) is 241 Å². The molecule has 0 saturated heterocycles. The fourth-order valence-corrected chi connectivity index (χ4v) is 10.7. The fraction of sp³-hybridized carbons (Fsp3) is 0.0169. The third-order valence-electron chi connectivity index (χ3n) is 13.3. The van der Waals surface area contributed by atoms with Gasteiger partial charge in [0.25, 0.3) is 0 Å². The first-order valence-corrected chi connectivity index (χ1v) is 21.1. The standard InChI is InChI=1S/C59H36N2/c1-3-16-37(17-4-1)55-36-56(38-18-5-2-6-19-38)61-58(60-55)48-26-15-25-46-41-20-7-8-21-42(41)49-34-39(30-32-47(49)57(46)48)40-31-33-54-50(35-40)45-24-11-14-29-53(45)59(54)51-27-12-9-22-43(51)44-23-10-13-28-52(44)59/h1-36H. The van der Waals surface area contributed by atoms with Crippen LogP contribution < -0.4 is 0 Å². The predicted molar refractivity (Wildman–Crippen MR) is 253 cm³/mol. The zero-order valence-corrected chi connectivity index (χ0v) is 33.2. The highest BCUT2D eigenvalue weighted by molar-refractivity contribution is 6.28. The lowest BCUT2D eigenvalue weighted by Crippen LogP contribution is -2.25. The first kappa shape index (κ1) is 34.0. The van der Waals surface area contributed by atoms with E-state index in [1.165, 1.54) is 82.6 Å². The SMILES string of the molecule is c1ccc(-c2cc(-c3ccccc3)nc(-c3cccc4c5ccccc5c5cc(-c6ccc7c(c6)-c6ccccc6C76c7ccccc7-c7ccccc76)ccc5c34)n2)cc1. The van der Waals surface area contributed by atoms with Gasteiger partial charge in [0, 0.05) is 22.1 Å². The zero-order valence-electron chi connectivity index (χ0n) is 33.2. The van der Waals surface area contributed by atoms with Crippen LogP contribution >= 0.6 is 0 Å². The molecule has 0 unspecified atom stereocenters. The minimum Gasteiger partial charge on any atom is -0.228 e. The molecule has 1 heterocycles. The maximum Gasteiger partial charge on any atom is 0.161 e. The smallest absolute Gasteiger partial charge is 0.161 e. The third kappa shape index (κ3) is 4.85. The molecule has 0 fully saturated rings. The van der Waals surface area contributed by atoms with Gasteiger partial charge in [-0.25, -0.2) is 9.97 Å². The van der Waals surface area contributed by atoms with Gasteiger partial charge in [-0.05, 0) is 101 Å². The Kier molecular flexibility index (Phi) is 7.26. The van der Waals surface area contributed by atoms with Gasteiger partial charge in [0.1, 0.15) is 0 Å². The van der Waals surface area contributed by atoms with Crippen molar-refractivity contribution in [2.24, 2.45) is 0 Å². The molecule has 2 aliphatic carbocycles. The Morgan fingerprint density at radius 1 is 0.262 bits per heavy atom. The average molecular weight is 773 g/mol. The molecule has 0 amide bonds. The lowest BCUT2D eigenvalue weighted by atomic mass is 9.70. The van der Waals surface area contributed by atoms with Crippen molar-refractivity contribution in [2.45, 2.75) is 5.41 Å². The fourth-order valence-electron chi connectivity index (χ4n) is 10.7. The molecular weight excluding hydrogens is 737 g/mol. The van der Waals surface area contributed by atoms with Crippen molar-refractivity contribution in [2.75, 3.05) is 0 Å². The Bertz CT molecular complexity index is 3480. The van der Waals surface area contributed by atoms with E-state index in [4.69, 9.17) is 9.97 Å². The second-order valence-electron chi connectivity index (χ2n) is 16.4. The zero-order chi connectivity index (χ0) is 40.1. The van der Waals surface area contributed by atoms with Gasteiger partial charge < -0.3 is 0 Å². The number of aromatic nitrogens is 2. The summed E-state index contributed by atoms with van der Waals surface area (Å²) in [5, 5.41) is 7.21. The van der Waals surface area contributed by atoms with E-state index >= 15 is 0 Å². The van der Waals surface area contributed by atoms with Crippen molar-refractivity contribution in [1.29, 1.82) is 0 Å². The molecule has 11 aromatic rings. The maximum atomic E-state index is 5.30. The largest absolute Gasteiger partial charge is 0.228 e. The Morgan fingerprint density at radius 3 is 1.33 bits per heavy atom. The summed E-state index contributed by atoms with van der Waals surface area (Å²) in [5.41, 5.74) is 17.7. The summed E-state index contributed by atoms with van der Waals surface area (Å²) in [6.45, 7) is 0. The Morgan fingerprint density at radius 2 is 0.705 bits per heavy atom. The van der Waals surface area contributed by atoms with Crippen LogP contribution in [0, 0.1) is 0 Å². The van der Waals surface area contributed by atoms with E-state index in [-0.39, 0.29) is 5.41 Å². The highest BCUT2D eigenvalue weighted by atomic mass is 14.9. The van der Waals surface area contributed by atoms with Gasteiger partial charge in [-0.1, -0.05) is 200 Å². The average Bonchev–Trinajstić information content (AvgIpc) is 3.81. The van der Waals surface area contributed by atoms with Crippen LogP contribution in [0.5, 0.6) is 0 Å². The van der Waals surface area contributed by atoms with Crippen molar-refractivity contribution >= 4 is 32.3 Å². The molecule has 1 spiro atoms. The predicted octanol–water partition coefficient (Wildman–Crippen LogP) is 14.9. The first-order chi connectivity index (χ1) is 30.3. The third-order valence-corrected chi connectivity index (χ3v) is 13.3. The lowest BCUT2D eigenvalue weighted by molar-refractivity contribution is 0.794. The van der Waals surface area contributed by atoms with Crippen LogP contribution in [-0.2, 0) is 5.41 Å². The van der Waals surface area contributed by atoms with Crippen molar-refractivity contribution in [1.82, 2.24) is 9.97 Å². The van der Waals surface area contributed by atoms with Gasteiger partial charge in [-0.15, -0.1) is 0 Å². The van der Waals surface area contributed by atoms with Gasteiger partial charge in [-0.2, -0.15) is 0 Å². The second kappa shape index (κ2) is 13.0. The quantitative estimate of drug-likeness (QED) is 0.167. The first-order valence-electron chi connectivity index (χ1n) is 21.1. The summed E-state index contributed by atoms with van der Waals surface area (Å²) in [6.07, 6.45) is 0. The van der Waals surface area contributed by atoms with E-state index in [0.717, 1.165) is 33.5 Å². The van der Waals surface area contributed by atoms with Crippen LogP contribution in [0.4, 0.5) is 0 Å². The van der Waals surface area contributed by atoms with E-state index in [1.807, 2.05) is 12.1 Å².